The predicted molar refractivity (Wildman–Crippen MR) is 88.5 cm³/mol. The highest BCUT2D eigenvalue weighted by atomic mass is 19.4. The Bertz CT molecular complexity index is 652. The first-order valence-corrected chi connectivity index (χ1v) is 8.27. The first-order valence-electron chi connectivity index (χ1n) is 8.27. The third kappa shape index (κ3) is 5.27. The summed E-state index contributed by atoms with van der Waals surface area (Å²) in [4.78, 5) is 25.2. The number of carbonyl (C=O) groups excluding carboxylic acids is 2. The number of nitrogens with zero attached hydrogens (tertiary/aromatic N) is 1. The number of nitrogens with one attached hydrogen (secondary N) is 2. The number of hydrogen-bond donors (Lipinski definition) is 2. The van der Waals surface area contributed by atoms with Crippen LogP contribution in [0.1, 0.15) is 36.9 Å². The van der Waals surface area contributed by atoms with Gasteiger partial charge in [-0.1, -0.05) is 12.1 Å². The van der Waals surface area contributed by atoms with Gasteiger partial charge in [0.15, 0.2) is 0 Å². The van der Waals surface area contributed by atoms with Crippen molar-refractivity contribution in [2.75, 3.05) is 20.2 Å². The average Bonchev–Trinajstić information content (AvgIpc) is 2.60. The van der Waals surface area contributed by atoms with Crippen molar-refractivity contribution in [3.63, 3.8) is 0 Å². The topological polar surface area (TPSA) is 70.7 Å². The molecule has 0 bridgehead atoms. The van der Waals surface area contributed by atoms with E-state index in [-0.39, 0.29) is 6.04 Å². The number of hydrogen-bond acceptors (Lipinski definition) is 3. The Balaban J connectivity index is 1.92. The van der Waals surface area contributed by atoms with Crippen molar-refractivity contribution in [3.05, 3.63) is 35.4 Å². The van der Waals surface area contributed by atoms with Crippen molar-refractivity contribution in [3.8, 4) is 0 Å². The molecule has 26 heavy (non-hydrogen) atoms. The number of amides is 3. The van der Waals surface area contributed by atoms with Gasteiger partial charge in [0.2, 0.25) is 0 Å². The highest BCUT2D eigenvalue weighted by Gasteiger charge is 2.31. The average molecular weight is 373 g/mol. The van der Waals surface area contributed by atoms with Gasteiger partial charge in [0, 0.05) is 19.1 Å². The number of methoxy groups -OCH3 is 1. The zero-order chi connectivity index (χ0) is 19.3. The number of likely N-dealkylation sites (tertiary alicyclic amines) is 1. The Kier molecular flexibility index (Phi) is 6.33. The summed E-state index contributed by atoms with van der Waals surface area (Å²) in [5.41, 5.74) is -0.403. The second kappa shape index (κ2) is 8.29. The van der Waals surface area contributed by atoms with Gasteiger partial charge in [-0.2, -0.15) is 13.2 Å². The molecule has 1 aromatic carbocycles. The van der Waals surface area contributed by atoms with E-state index < -0.39 is 29.9 Å². The summed E-state index contributed by atoms with van der Waals surface area (Å²) >= 11 is 0. The molecule has 9 heteroatoms. The number of piperidine rings is 1. The third-order valence-electron chi connectivity index (χ3n) is 4.25. The van der Waals surface area contributed by atoms with Crippen LogP contribution in [0.5, 0.6) is 0 Å². The molecule has 1 aliphatic heterocycles. The minimum Gasteiger partial charge on any atom is -0.453 e. The molecule has 0 spiro atoms. The van der Waals surface area contributed by atoms with Crippen LogP contribution in [0.15, 0.2) is 24.3 Å². The largest absolute Gasteiger partial charge is 0.453 e. The Morgan fingerprint density at radius 3 is 2.73 bits per heavy atom. The standard InChI is InChI=1S/C17H22F3N3O3/c1-11(12-5-3-6-13(9-12)17(18,19)20)21-15(24)22-14-7-4-8-23(10-14)16(25)26-2/h3,5-6,9,11,14H,4,7-8,10H2,1-2H3,(H2,21,22,24). The van der Waals surface area contributed by atoms with E-state index in [0.717, 1.165) is 18.6 Å². The van der Waals surface area contributed by atoms with Crippen LogP contribution >= 0.6 is 0 Å². The smallest absolute Gasteiger partial charge is 0.416 e. The molecule has 2 rings (SSSR count). The molecule has 2 N–H and O–H groups in total. The molecule has 2 atom stereocenters. The number of alkyl halides is 3. The van der Waals surface area contributed by atoms with Crippen LogP contribution in [0.3, 0.4) is 0 Å². The SMILES string of the molecule is COC(=O)N1CCCC(NC(=O)NC(C)c2cccc(C(F)(F)F)c2)C1. The van der Waals surface area contributed by atoms with Crippen molar-refractivity contribution in [2.24, 2.45) is 0 Å². The normalized spacial score (nSPS) is 18.8. The maximum Gasteiger partial charge on any atom is 0.416 e. The second-order valence-electron chi connectivity index (χ2n) is 6.22. The third-order valence-corrected chi connectivity index (χ3v) is 4.25. The maximum atomic E-state index is 12.8. The minimum absolute atomic E-state index is 0.239. The van der Waals surface area contributed by atoms with Gasteiger partial charge in [0.05, 0.1) is 18.7 Å². The number of ether oxygens (including phenoxy) is 1. The number of carbonyl (C=O) groups is 2. The molecule has 6 nitrogen and oxygen atoms in total. The van der Waals surface area contributed by atoms with Crippen LogP contribution in [0.2, 0.25) is 0 Å². The van der Waals surface area contributed by atoms with Crippen molar-refractivity contribution in [1.29, 1.82) is 0 Å². The second-order valence-corrected chi connectivity index (χ2v) is 6.22. The van der Waals surface area contributed by atoms with E-state index in [0.29, 0.717) is 25.1 Å². The highest BCUT2D eigenvalue weighted by molar-refractivity contribution is 5.75. The van der Waals surface area contributed by atoms with Gasteiger partial charge in [-0.15, -0.1) is 0 Å². The summed E-state index contributed by atoms with van der Waals surface area (Å²) in [5.74, 6) is 0. The highest BCUT2D eigenvalue weighted by Crippen LogP contribution is 2.30. The molecule has 2 unspecified atom stereocenters. The fourth-order valence-electron chi connectivity index (χ4n) is 2.88. The van der Waals surface area contributed by atoms with E-state index >= 15 is 0 Å². The Morgan fingerprint density at radius 2 is 2.08 bits per heavy atom. The van der Waals surface area contributed by atoms with Gasteiger partial charge >= 0.3 is 18.3 Å². The monoisotopic (exact) mass is 373 g/mol. The fraction of sp³-hybridized carbons (Fsp3) is 0.529. The van der Waals surface area contributed by atoms with Gasteiger partial charge in [-0.25, -0.2) is 9.59 Å². The van der Waals surface area contributed by atoms with Gasteiger partial charge < -0.3 is 20.3 Å². The van der Waals surface area contributed by atoms with Crippen LogP contribution in [0.25, 0.3) is 0 Å². The molecule has 144 valence electrons. The summed E-state index contributed by atoms with van der Waals surface area (Å²) in [6.45, 7) is 2.50. The van der Waals surface area contributed by atoms with E-state index in [4.69, 9.17) is 0 Å². The lowest BCUT2D eigenvalue weighted by molar-refractivity contribution is -0.137. The van der Waals surface area contributed by atoms with Gasteiger partial charge in [0.25, 0.3) is 0 Å². The zero-order valence-corrected chi connectivity index (χ0v) is 14.6. The summed E-state index contributed by atoms with van der Waals surface area (Å²) in [6, 6.07) is 3.51. The van der Waals surface area contributed by atoms with E-state index in [1.54, 1.807) is 6.92 Å². The molecular weight excluding hydrogens is 351 g/mol. The molecule has 3 amide bonds. The summed E-state index contributed by atoms with van der Waals surface area (Å²) in [5, 5.41) is 5.38. The lowest BCUT2D eigenvalue weighted by Crippen LogP contribution is -2.52. The quantitative estimate of drug-likeness (QED) is 0.854. The van der Waals surface area contributed by atoms with Gasteiger partial charge in [-0.3, -0.25) is 0 Å². The van der Waals surface area contributed by atoms with Crippen molar-refractivity contribution >= 4 is 12.1 Å². The lowest BCUT2D eigenvalue weighted by Gasteiger charge is -2.32. The number of benzene rings is 1. The number of urea groups is 1. The molecule has 1 heterocycles. The molecule has 1 aromatic rings. The van der Waals surface area contributed by atoms with Crippen molar-refractivity contribution < 1.29 is 27.5 Å². The Morgan fingerprint density at radius 1 is 1.35 bits per heavy atom. The van der Waals surface area contributed by atoms with Gasteiger partial charge in [0.1, 0.15) is 0 Å². The van der Waals surface area contributed by atoms with E-state index in [2.05, 4.69) is 15.4 Å². The fourth-order valence-corrected chi connectivity index (χ4v) is 2.88. The molecule has 1 fully saturated rings. The number of halogens is 3. The zero-order valence-electron chi connectivity index (χ0n) is 14.6. The maximum absolute atomic E-state index is 12.8. The summed E-state index contributed by atoms with van der Waals surface area (Å²) in [7, 11) is 1.29. The van der Waals surface area contributed by atoms with Crippen LogP contribution in [-0.4, -0.2) is 43.3 Å². The first kappa shape index (κ1) is 19.9. The van der Waals surface area contributed by atoms with E-state index in [1.165, 1.54) is 24.1 Å². The molecule has 0 radical (unpaired) electrons. The summed E-state index contributed by atoms with van der Waals surface area (Å²) in [6.07, 6.45) is -3.45. The molecule has 0 aromatic heterocycles. The van der Waals surface area contributed by atoms with Crippen LogP contribution in [-0.2, 0) is 10.9 Å². The van der Waals surface area contributed by atoms with E-state index in [9.17, 15) is 22.8 Å². The van der Waals surface area contributed by atoms with Gasteiger partial charge in [-0.05, 0) is 37.5 Å². The molecule has 0 aliphatic carbocycles. The minimum atomic E-state index is -4.43. The predicted octanol–water partition coefficient (Wildman–Crippen LogP) is 3.30. The summed E-state index contributed by atoms with van der Waals surface area (Å²) < 4.78 is 43.0. The van der Waals surface area contributed by atoms with Crippen molar-refractivity contribution in [2.45, 2.75) is 38.0 Å². The molecule has 1 saturated heterocycles. The van der Waals surface area contributed by atoms with Crippen LogP contribution in [0, 0.1) is 0 Å². The molecule has 0 saturated carbocycles. The van der Waals surface area contributed by atoms with Crippen LogP contribution in [0.4, 0.5) is 22.8 Å². The Hall–Kier alpha value is -2.45. The molecule has 1 aliphatic rings. The molecular formula is C17H22F3N3O3. The van der Waals surface area contributed by atoms with E-state index in [1.807, 2.05) is 0 Å². The lowest BCUT2D eigenvalue weighted by atomic mass is 10.0. The Labute approximate surface area is 149 Å². The van der Waals surface area contributed by atoms with Crippen LogP contribution < -0.4 is 10.6 Å². The first-order chi connectivity index (χ1) is 12.2. The van der Waals surface area contributed by atoms with Crippen molar-refractivity contribution in [1.82, 2.24) is 15.5 Å². The number of rotatable bonds is 3.